The van der Waals surface area contributed by atoms with E-state index in [9.17, 15) is 0 Å². The Morgan fingerprint density at radius 3 is 3.11 bits per heavy atom. The van der Waals surface area contributed by atoms with Crippen LogP contribution in [-0.4, -0.2) is 12.0 Å². The normalized spacial score (nSPS) is 18.9. The molecular weight excluding hydrogens is 244 g/mol. The molecule has 0 bridgehead atoms. The van der Waals surface area contributed by atoms with Crippen LogP contribution in [0.3, 0.4) is 0 Å². The fourth-order valence-electron chi connectivity index (χ4n) is 2.48. The molecule has 0 aliphatic heterocycles. The van der Waals surface area contributed by atoms with E-state index in [1.54, 1.807) is 11.3 Å². The molecular formula is C14H18N2OS. The molecule has 3 nitrogen and oxygen atoms in total. The summed E-state index contributed by atoms with van der Waals surface area (Å²) in [5, 5.41) is 4.41. The van der Waals surface area contributed by atoms with Gasteiger partial charge in [0.05, 0.1) is 5.69 Å². The van der Waals surface area contributed by atoms with Crippen molar-refractivity contribution in [2.75, 3.05) is 7.05 Å². The SMILES string of the molecule is CCc1ccc(-c2nc3c(s2)C(NC)CCC3)o1. The Morgan fingerprint density at radius 1 is 1.50 bits per heavy atom. The Kier molecular flexibility index (Phi) is 3.22. The number of hydrogen-bond acceptors (Lipinski definition) is 4. The molecule has 0 saturated carbocycles. The smallest absolute Gasteiger partial charge is 0.162 e. The molecule has 0 radical (unpaired) electrons. The molecule has 0 saturated heterocycles. The van der Waals surface area contributed by atoms with E-state index in [-0.39, 0.29) is 0 Å². The van der Waals surface area contributed by atoms with Crippen molar-refractivity contribution >= 4 is 11.3 Å². The van der Waals surface area contributed by atoms with Gasteiger partial charge < -0.3 is 9.73 Å². The van der Waals surface area contributed by atoms with E-state index in [0.717, 1.165) is 29.4 Å². The van der Waals surface area contributed by atoms with Crippen LogP contribution in [0.4, 0.5) is 0 Å². The minimum Gasteiger partial charge on any atom is -0.459 e. The third-order valence-corrected chi connectivity index (χ3v) is 4.75. The van der Waals surface area contributed by atoms with Gasteiger partial charge in [0.25, 0.3) is 0 Å². The van der Waals surface area contributed by atoms with Crippen LogP contribution in [0, 0.1) is 0 Å². The number of nitrogens with zero attached hydrogens (tertiary/aromatic N) is 1. The second-order valence-corrected chi connectivity index (χ2v) is 5.71. The zero-order valence-electron chi connectivity index (χ0n) is 10.8. The van der Waals surface area contributed by atoms with E-state index >= 15 is 0 Å². The van der Waals surface area contributed by atoms with Crippen molar-refractivity contribution in [2.45, 2.75) is 38.6 Å². The number of aromatic nitrogens is 1. The van der Waals surface area contributed by atoms with Gasteiger partial charge in [0.1, 0.15) is 5.76 Å². The van der Waals surface area contributed by atoms with Gasteiger partial charge in [0.15, 0.2) is 10.8 Å². The average Bonchev–Trinajstić information content (AvgIpc) is 3.03. The molecule has 2 heterocycles. The Morgan fingerprint density at radius 2 is 2.39 bits per heavy atom. The number of thiazole rings is 1. The topological polar surface area (TPSA) is 38.1 Å². The first kappa shape index (κ1) is 11.9. The lowest BCUT2D eigenvalue weighted by Crippen LogP contribution is -2.19. The van der Waals surface area contributed by atoms with Crippen LogP contribution in [0.25, 0.3) is 10.8 Å². The maximum Gasteiger partial charge on any atom is 0.162 e. The molecule has 4 heteroatoms. The van der Waals surface area contributed by atoms with Gasteiger partial charge in [-0.3, -0.25) is 0 Å². The van der Waals surface area contributed by atoms with Crippen LogP contribution >= 0.6 is 11.3 Å². The Bertz CT molecular complexity index is 544. The number of hydrogen-bond donors (Lipinski definition) is 1. The van der Waals surface area contributed by atoms with Crippen molar-refractivity contribution in [2.24, 2.45) is 0 Å². The lowest BCUT2D eigenvalue weighted by atomic mass is 9.98. The van der Waals surface area contributed by atoms with Gasteiger partial charge in [0.2, 0.25) is 0 Å². The molecule has 1 aliphatic rings. The Labute approximate surface area is 111 Å². The van der Waals surface area contributed by atoms with Gasteiger partial charge in [-0.1, -0.05) is 6.92 Å². The van der Waals surface area contributed by atoms with Crippen molar-refractivity contribution in [1.29, 1.82) is 0 Å². The van der Waals surface area contributed by atoms with Crippen LogP contribution in [-0.2, 0) is 12.8 Å². The summed E-state index contributed by atoms with van der Waals surface area (Å²) in [5.41, 5.74) is 1.26. The summed E-state index contributed by atoms with van der Waals surface area (Å²) in [6.07, 6.45) is 4.47. The van der Waals surface area contributed by atoms with Crippen LogP contribution in [0.1, 0.15) is 42.1 Å². The lowest BCUT2D eigenvalue weighted by molar-refractivity contribution is 0.500. The molecule has 1 unspecified atom stereocenters. The molecule has 2 aromatic heterocycles. The Balaban J connectivity index is 1.97. The first-order chi connectivity index (χ1) is 8.81. The largest absolute Gasteiger partial charge is 0.459 e. The molecule has 18 heavy (non-hydrogen) atoms. The zero-order valence-corrected chi connectivity index (χ0v) is 11.6. The molecule has 0 aromatic carbocycles. The van der Waals surface area contributed by atoms with Gasteiger partial charge in [-0.15, -0.1) is 11.3 Å². The van der Waals surface area contributed by atoms with E-state index < -0.39 is 0 Å². The van der Waals surface area contributed by atoms with Crippen molar-refractivity contribution in [3.63, 3.8) is 0 Å². The molecule has 3 rings (SSSR count). The predicted molar refractivity (Wildman–Crippen MR) is 73.9 cm³/mol. The summed E-state index contributed by atoms with van der Waals surface area (Å²) < 4.78 is 5.79. The van der Waals surface area contributed by atoms with Crippen molar-refractivity contribution in [3.8, 4) is 10.8 Å². The predicted octanol–water partition coefficient (Wildman–Crippen LogP) is 3.56. The third-order valence-electron chi connectivity index (χ3n) is 3.52. The van der Waals surface area contributed by atoms with Crippen molar-refractivity contribution in [1.82, 2.24) is 10.3 Å². The fraction of sp³-hybridized carbons (Fsp3) is 0.500. The van der Waals surface area contributed by atoms with Crippen LogP contribution in [0.2, 0.25) is 0 Å². The standard InChI is InChI=1S/C14H18N2OS/c1-3-9-7-8-12(17-9)14-16-11-6-4-5-10(15-2)13(11)18-14/h7-8,10,15H,3-6H2,1-2H3. The summed E-state index contributed by atoms with van der Waals surface area (Å²) >= 11 is 1.78. The molecule has 0 fully saturated rings. The molecule has 1 aliphatic carbocycles. The van der Waals surface area contributed by atoms with Gasteiger partial charge >= 0.3 is 0 Å². The summed E-state index contributed by atoms with van der Waals surface area (Å²) in [4.78, 5) is 6.15. The number of rotatable bonds is 3. The van der Waals surface area contributed by atoms with E-state index in [4.69, 9.17) is 9.40 Å². The molecule has 0 amide bonds. The molecule has 0 spiro atoms. The maximum absolute atomic E-state index is 5.79. The lowest BCUT2D eigenvalue weighted by Gasteiger charge is -2.19. The van der Waals surface area contributed by atoms with E-state index in [1.807, 2.05) is 19.2 Å². The number of fused-ring (bicyclic) bond motifs is 1. The van der Waals surface area contributed by atoms with E-state index in [0.29, 0.717) is 6.04 Å². The number of nitrogens with one attached hydrogen (secondary N) is 1. The van der Waals surface area contributed by atoms with E-state index in [1.165, 1.54) is 23.4 Å². The van der Waals surface area contributed by atoms with Gasteiger partial charge in [-0.2, -0.15) is 0 Å². The Hall–Kier alpha value is -1.13. The van der Waals surface area contributed by atoms with Crippen molar-refractivity contribution in [3.05, 3.63) is 28.5 Å². The summed E-state index contributed by atoms with van der Waals surface area (Å²) in [7, 11) is 2.03. The molecule has 1 atom stereocenters. The van der Waals surface area contributed by atoms with Crippen LogP contribution in [0.15, 0.2) is 16.5 Å². The van der Waals surface area contributed by atoms with Crippen molar-refractivity contribution < 1.29 is 4.42 Å². The highest BCUT2D eigenvalue weighted by Gasteiger charge is 2.24. The highest BCUT2D eigenvalue weighted by atomic mass is 32.1. The highest BCUT2D eigenvalue weighted by molar-refractivity contribution is 7.15. The second-order valence-electron chi connectivity index (χ2n) is 4.68. The fourth-order valence-corrected chi connectivity index (χ4v) is 3.70. The monoisotopic (exact) mass is 262 g/mol. The number of furan rings is 1. The van der Waals surface area contributed by atoms with Gasteiger partial charge in [0, 0.05) is 17.3 Å². The van der Waals surface area contributed by atoms with Gasteiger partial charge in [-0.05, 0) is 38.4 Å². The van der Waals surface area contributed by atoms with Crippen LogP contribution in [0.5, 0.6) is 0 Å². The third kappa shape index (κ3) is 1.99. The minimum atomic E-state index is 0.473. The minimum absolute atomic E-state index is 0.473. The number of aryl methyl sites for hydroxylation is 2. The summed E-state index contributed by atoms with van der Waals surface area (Å²) in [6, 6.07) is 4.56. The summed E-state index contributed by atoms with van der Waals surface area (Å²) in [5.74, 6) is 1.95. The van der Waals surface area contributed by atoms with Crippen LogP contribution < -0.4 is 5.32 Å². The maximum atomic E-state index is 5.79. The molecule has 1 N–H and O–H groups in total. The van der Waals surface area contributed by atoms with Gasteiger partial charge in [-0.25, -0.2) is 4.98 Å². The summed E-state index contributed by atoms with van der Waals surface area (Å²) in [6.45, 7) is 2.10. The van der Waals surface area contributed by atoms with E-state index in [2.05, 4.69) is 12.2 Å². The average molecular weight is 262 g/mol. The molecule has 96 valence electrons. The highest BCUT2D eigenvalue weighted by Crippen LogP contribution is 2.38. The second kappa shape index (κ2) is 4.86. The first-order valence-corrected chi connectivity index (χ1v) is 7.39. The zero-order chi connectivity index (χ0) is 12.5. The quantitative estimate of drug-likeness (QED) is 0.919. The first-order valence-electron chi connectivity index (χ1n) is 6.57. The molecule has 2 aromatic rings.